The molecule has 0 aliphatic rings. The third kappa shape index (κ3) is 3.15. The molecule has 0 aliphatic carbocycles. The minimum Gasteiger partial charge on any atom is -0.383 e. The largest absolute Gasteiger partial charge is 0.383 e. The quantitative estimate of drug-likeness (QED) is 0.645. The monoisotopic (exact) mass is 292 g/mol. The summed E-state index contributed by atoms with van der Waals surface area (Å²) in [7, 11) is 0. The van der Waals surface area contributed by atoms with E-state index in [2.05, 4.69) is 20.3 Å². The molecule has 1 unspecified atom stereocenters. The third-order valence-corrected chi connectivity index (χ3v) is 3.08. The molecular weight excluding hydrogens is 272 g/mol. The fourth-order valence-electron chi connectivity index (χ4n) is 2.07. The van der Waals surface area contributed by atoms with Crippen LogP contribution in [0.15, 0.2) is 22.0 Å². The zero-order chi connectivity index (χ0) is 15.6. The summed E-state index contributed by atoms with van der Waals surface area (Å²) in [5.41, 5.74) is 5.14. The molecule has 0 spiro atoms. The molecule has 2 rings (SSSR count). The van der Waals surface area contributed by atoms with Gasteiger partial charge in [0.1, 0.15) is 17.3 Å². The van der Waals surface area contributed by atoms with Gasteiger partial charge in [-0.2, -0.15) is 0 Å². The third-order valence-electron chi connectivity index (χ3n) is 3.08. The van der Waals surface area contributed by atoms with Gasteiger partial charge in [-0.1, -0.05) is 13.8 Å². The van der Waals surface area contributed by atoms with E-state index < -0.39 is 11.2 Å². The number of nitrogens with two attached hydrogens (primary N) is 1. The van der Waals surface area contributed by atoms with Crippen LogP contribution in [0.1, 0.15) is 32.6 Å². The van der Waals surface area contributed by atoms with Gasteiger partial charge >= 0.3 is 5.69 Å². The Morgan fingerprint density at radius 3 is 2.67 bits per heavy atom. The maximum absolute atomic E-state index is 12.0. The number of aromatic amines is 2. The minimum absolute atomic E-state index is 0.135. The Kier molecular flexibility index (Phi) is 4.15. The molecule has 1 atom stereocenters. The second-order valence-electron chi connectivity index (χ2n) is 5.36. The van der Waals surface area contributed by atoms with Crippen LogP contribution >= 0.6 is 0 Å². The van der Waals surface area contributed by atoms with E-state index in [9.17, 15) is 9.59 Å². The Hall–Kier alpha value is -2.51. The van der Waals surface area contributed by atoms with Gasteiger partial charge in [-0.3, -0.25) is 14.3 Å². The summed E-state index contributed by atoms with van der Waals surface area (Å²) in [4.78, 5) is 33.2. The van der Waals surface area contributed by atoms with Crippen molar-refractivity contribution < 1.29 is 0 Å². The number of anilines is 2. The van der Waals surface area contributed by atoms with Gasteiger partial charge in [0, 0.05) is 18.9 Å². The molecule has 21 heavy (non-hydrogen) atoms. The SMILES string of the molecule is CC(C)Cn1c(N)c(NC(C)c2ncc[nH]2)c(=O)[nH]c1=O. The molecule has 0 bridgehead atoms. The number of nitrogens with one attached hydrogen (secondary N) is 3. The van der Waals surface area contributed by atoms with E-state index in [0.29, 0.717) is 12.4 Å². The van der Waals surface area contributed by atoms with Gasteiger partial charge in [0.2, 0.25) is 0 Å². The lowest BCUT2D eigenvalue weighted by Gasteiger charge is -2.17. The van der Waals surface area contributed by atoms with Crippen molar-refractivity contribution in [2.75, 3.05) is 11.1 Å². The minimum atomic E-state index is -0.532. The van der Waals surface area contributed by atoms with Gasteiger partial charge in [-0.25, -0.2) is 9.78 Å². The van der Waals surface area contributed by atoms with Gasteiger partial charge in [0.05, 0.1) is 6.04 Å². The van der Waals surface area contributed by atoms with Gasteiger partial charge in [-0.15, -0.1) is 0 Å². The van der Waals surface area contributed by atoms with Crippen LogP contribution in [0.25, 0.3) is 0 Å². The van der Waals surface area contributed by atoms with E-state index in [-0.39, 0.29) is 23.5 Å². The number of hydrogen-bond donors (Lipinski definition) is 4. The van der Waals surface area contributed by atoms with E-state index in [4.69, 9.17) is 5.73 Å². The highest BCUT2D eigenvalue weighted by atomic mass is 16.2. The van der Waals surface area contributed by atoms with Crippen LogP contribution in [0.3, 0.4) is 0 Å². The van der Waals surface area contributed by atoms with Crippen molar-refractivity contribution in [2.45, 2.75) is 33.4 Å². The van der Waals surface area contributed by atoms with Crippen molar-refractivity contribution in [3.63, 3.8) is 0 Å². The van der Waals surface area contributed by atoms with Crippen LogP contribution in [0, 0.1) is 5.92 Å². The molecule has 0 radical (unpaired) electrons. The normalized spacial score (nSPS) is 12.6. The number of H-pyrrole nitrogens is 2. The summed E-state index contributed by atoms with van der Waals surface area (Å²) in [6.45, 7) is 6.21. The summed E-state index contributed by atoms with van der Waals surface area (Å²) in [6.07, 6.45) is 3.32. The molecule has 0 fully saturated rings. The maximum atomic E-state index is 12.0. The van der Waals surface area contributed by atoms with Crippen LogP contribution in [-0.2, 0) is 6.54 Å². The summed E-state index contributed by atoms with van der Waals surface area (Å²) >= 11 is 0. The standard InChI is InChI=1S/C13H20N6O2/c1-7(2)6-19-10(14)9(12(20)18-13(19)21)17-8(3)11-15-4-5-16-11/h4-5,7-8,17H,6,14H2,1-3H3,(H,15,16)(H,18,20,21). The summed E-state index contributed by atoms with van der Waals surface area (Å²) < 4.78 is 1.36. The van der Waals surface area contributed by atoms with Crippen LogP contribution in [-0.4, -0.2) is 19.5 Å². The molecule has 2 aromatic heterocycles. The first kappa shape index (κ1) is 14.9. The highest BCUT2D eigenvalue weighted by molar-refractivity contribution is 5.61. The van der Waals surface area contributed by atoms with Gasteiger partial charge < -0.3 is 16.0 Å². The summed E-state index contributed by atoms with van der Waals surface area (Å²) in [6, 6.07) is -0.242. The van der Waals surface area contributed by atoms with Crippen LogP contribution < -0.4 is 22.3 Å². The lowest BCUT2D eigenvalue weighted by Crippen LogP contribution is -2.35. The van der Waals surface area contributed by atoms with Crippen molar-refractivity contribution in [3.05, 3.63) is 39.1 Å². The van der Waals surface area contributed by atoms with Crippen LogP contribution in [0.2, 0.25) is 0 Å². The number of aromatic nitrogens is 4. The van der Waals surface area contributed by atoms with Gasteiger partial charge in [0.25, 0.3) is 5.56 Å². The zero-order valence-corrected chi connectivity index (χ0v) is 12.3. The molecule has 0 aliphatic heterocycles. The molecule has 5 N–H and O–H groups in total. The van der Waals surface area contributed by atoms with Crippen molar-refractivity contribution in [1.82, 2.24) is 19.5 Å². The predicted molar refractivity (Wildman–Crippen MR) is 81.2 cm³/mol. The molecule has 2 heterocycles. The van der Waals surface area contributed by atoms with Gasteiger partial charge in [0.15, 0.2) is 0 Å². The Morgan fingerprint density at radius 1 is 1.38 bits per heavy atom. The van der Waals surface area contributed by atoms with Gasteiger partial charge in [-0.05, 0) is 12.8 Å². The number of hydrogen-bond acceptors (Lipinski definition) is 5. The highest BCUT2D eigenvalue weighted by Crippen LogP contribution is 2.18. The molecule has 0 saturated carbocycles. The van der Waals surface area contributed by atoms with Crippen LogP contribution in [0.4, 0.5) is 11.5 Å². The Morgan fingerprint density at radius 2 is 2.10 bits per heavy atom. The smallest absolute Gasteiger partial charge is 0.330 e. The average Bonchev–Trinajstić information content (AvgIpc) is 2.93. The average molecular weight is 292 g/mol. The molecule has 2 aromatic rings. The number of nitrogen functional groups attached to an aromatic ring is 1. The van der Waals surface area contributed by atoms with Crippen LogP contribution in [0.5, 0.6) is 0 Å². The fourth-order valence-corrected chi connectivity index (χ4v) is 2.07. The molecule has 0 aromatic carbocycles. The first-order valence-electron chi connectivity index (χ1n) is 6.78. The Labute approximate surface area is 121 Å². The zero-order valence-electron chi connectivity index (χ0n) is 12.3. The molecule has 8 heteroatoms. The van der Waals surface area contributed by atoms with E-state index in [1.54, 1.807) is 12.4 Å². The first-order chi connectivity index (χ1) is 9.90. The second kappa shape index (κ2) is 5.86. The lowest BCUT2D eigenvalue weighted by molar-refractivity contribution is 0.508. The molecule has 0 amide bonds. The first-order valence-corrected chi connectivity index (χ1v) is 6.78. The molecule has 114 valence electrons. The summed E-state index contributed by atoms with van der Waals surface area (Å²) in [5, 5.41) is 3.00. The van der Waals surface area contributed by atoms with E-state index in [0.717, 1.165) is 0 Å². The number of rotatable bonds is 5. The molecule has 0 saturated heterocycles. The topological polar surface area (TPSA) is 122 Å². The summed E-state index contributed by atoms with van der Waals surface area (Å²) in [5.74, 6) is 1.04. The Balaban J connectivity index is 2.39. The predicted octanol–water partition coefficient (Wildman–Crippen LogP) is 0.671. The second-order valence-corrected chi connectivity index (χ2v) is 5.36. The lowest BCUT2D eigenvalue weighted by atomic mass is 10.2. The van der Waals surface area contributed by atoms with Crippen molar-refractivity contribution in [3.8, 4) is 0 Å². The van der Waals surface area contributed by atoms with E-state index in [1.165, 1.54) is 4.57 Å². The van der Waals surface area contributed by atoms with E-state index in [1.807, 2.05) is 20.8 Å². The Bertz CT molecular complexity index is 713. The number of nitrogens with zero attached hydrogens (tertiary/aromatic N) is 2. The van der Waals surface area contributed by atoms with Crippen molar-refractivity contribution >= 4 is 11.5 Å². The fraction of sp³-hybridized carbons (Fsp3) is 0.462. The highest BCUT2D eigenvalue weighted by Gasteiger charge is 2.16. The molecular formula is C13H20N6O2. The van der Waals surface area contributed by atoms with Crippen molar-refractivity contribution in [2.24, 2.45) is 5.92 Å². The molecule has 8 nitrogen and oxygen atoms in total. The van der Waals surface area contributed by atoms with E-state index >= 15 is 0 Å². The maximum Gasteiger partial charge on any atom is 0.330 e. The number of imidazole rings is 1. The van der Waals surface area contributed by atoms with Crippen molar-refractivity contribution in [1.29, 1.82) is 0 Å².